The molecule has 236 valence electrons. The van der Waals surface area contributed by atoms with E-state index in [0.717, 1.165) is 26.8 Å². The van der Waals surface area contributed by atoms with E-state index in [4.69, 9.17) is 24.4 Å². The van der Waals surface area contributed by atoms with E-state index in [1.54, 1.807) is 49.4 Å². The number of thiazole rings is 1. The fourth-order valence-corrected chi connectivity index (χ4v) is 5.98. The summed E-state index contributed by atoms with van der Waals surface area (Å²) < 4.78 is 10.5. The third-order valence-electron chi connectivity index (χ3n) is 7.06. The average Bonchev–Trinajstić information content (AvgIpc) is 3.52. The average molecular weight is 636 g/mol. The number of esters is 2. The summed E-state index contributed by atoms with van der Waals surface area (Å²) in [4.78, 5) is 47.4. The number of benzene rings is 1. The van der Waals surface area contributed by atoms with Crippen LogP contribution in [0.25, 0.3) is 21.1 Å². The maximum Gasteiger partial charge on any atom is 0.338 e. The van der Waals surface area contributed by atoms with Crippen LogP contribution in [-0.2, 0) is 29.1 Å². The summed E-state index contributed by atoms with van der Waals surface area (Å²) in [5.41, 5.74) is 7.71. The Bertz CT molecular complexity index is 1770. The topological polar surface area (TPSA) is 107 Å². The fourth-order valence-electron chi connectivity index (χ4n) is 5.09. The molecule has 0 amide bonds. The summed E-state index contributed by atoms with van der Waals surface area (Å²) in [5, 5.41) is 0.836. The first kappa shape index (κ1) is 32.6. The Kier molecular flexibility index (Phi) is 10.6. The molecule has 0 radical (unpaired) electrons. The highest BCUT2D eigenvalue weighted by molar-refractivity contribution is 7.18. The van der Waals surface area contributed by atoms with Crippen molar-refractivity contribution in [3.8, 4) is 21.1 Å². The number of hydrogen-bond acceptors (Lipinski definition) is 10. The molecule has 0 saturated heterocycles. The van der Waals surface area contributed by atoms with Gasteiger partial charge in [-0.2, -0.15) is 0 Å². The standard InChI is InChI=1S/C36H37N5O4S/c1-6-44-35(42)27-15-24(4)38-30(17-27)21-41(22-31-18-28(16-25(5)39-31)36(43)45-7-2)20-29-9-8-10-32(40-29)34-37-19-33(46-34)26-13-11-23(3)12-14-26/h8-19H,6-7,20-22H2,1-5H3. The zero-order chi connectivity index (χ0) is 32.6. The molecule has 5 aromatic rings. The van der Waals surface area contributed by atoms with E-state index >= 15 is 0 Å². The van der Waals surface area contributed by atoms with Crippen molar-refractivity contribution in [2.24, 2.45) is 0 Å². The predicted molar refractivity (Wildman–Crippen MR) is 178 cm³/mol. The maximum absolute atomic E-state index is 12.6. The van der Waals surface area contributed by atoms with E-state index in [2.05, 4.69) is 41.1 Å². The summed E-state index contributed by atoms with van der Waals surface area (Å²) in [6, 6.07) is 21.3. The Morgan fingerprint density at radius 1 is 0.717 bits per heavy atom. The quantitative estimate of drug-likeness (QED) is 0.132. The van der Waals surface area contributed by atoms with Crippen molar-refractivity contribution in [3.63, 3.8) is 0 Å². The van der Waals surface area contributed by atoms with E-state index in [9.17, 15) is 9.59 Å². The molecule has 0 N–H and O–H groups in total. The second-order valence-electron chi connectivity index (χ2n) is 11.0. The fraction of sp³-hybridized carbons (Fsp3) is 0.278. The van der Waals surface area contributed by atoms with Crippen molar-refractivity contribution in [1.82, 2.24) is 24.8 Å². The van der Waals surface area contributed by atoms with Crippen LogP contribution in [0.4, 0.5) is 0 Å². The number of pyridine rings is 3. The molecule has 46 heavy (non-hydrogen) atoms. The summed E-state index contributed by atoms with van der Waals surface area (Å²) in [5.74, 6) is -0.772. The predicted octanol–water partition coefficient (Wildman–Crippen LogP) is 7.14. The largest absolute Gasteiger partial charge is 0.462 e. The van der Waals surface area contributed by atoms with Gasteiger partial charge in [0.2, 0.25) is 0 Å². The highest BCUT2D eigenvalue weighted by Gasteiger charge is 2.17. The molecule has 0 aliphatic carbocycles. The number of hydrogen-bond donors (Lipinski definition) is 0. The van der Waals surface area contributed by atoms with E-state index in [1.807, 2.05) is 38.2 Å². The van der Waals surface area contributed by atoms with Crippen LogP contribution >= 0.6 is 11.3 Å². The van der Waals surface area contributed by atoms with Gasteiger partial charge in [0.15, 0.2) is 0 Å². The van der Waals surface area contributed by atoms with Crippen LogP contribution in [0.1, 0.15) is 68.6 Å². The monoisotopic (exact) mass is 635 g/mol. The van der Waals surface area contributed by atoms with Gasteiger partial charge in [-0.1, -0.05) is 35.9 Å². The lowest BCUT2D eigenvalue weighted by Gasteiger charge is -2.22. The molecule has 9 nitrogen and oxygen atoms in total. The van der Waals surface area contributed by atoms with Crippen LogP contribution < -0.4 is 0 Å². The molecule has 4 heterocycles. The molecule has 5 rings (SSSR count). The first-order valence-electron chi connectivity index (χ1n) is 15.2. The summed E-state index contributed by atoms with van der Waals surface area (Å²) in [6.45, 7) is 11.2. The van der Waals surface area contributed by atoms with Gasteiger partial charge in [-0.3, -0.25) is 14.9 Å². The van der Waals surface area contributed by atoms with E-state index in [1.165, 1.54) is 5.56 Å². The molecular formula is C36H37N5O4S. The molecule has 0 bridgehead atoms. The van der Waals surface area contributed by atoms with Crippen LogP contribution in [-0.4, -0.2) is 50.0 Å². The van der Waals surface area contributed by atoms with E-state index in [0.29, 0.717) is 53.5 Å². The van der Waals surface area contributed by atoms with Gasteiger partial charge in [-0.25, -0.2) is 19.6 Å². The van der Waals surface area contributed by atoms with Crippen LogP contribution in [0, 0.1) is 20.8 Å². The van der Waals surface area contributed by atoms with Gasteiger partial charge in [0.25, 0.3) is 0 Å². The lowest BCUT2D eigenvalue weighted by Crippen LogP contribution is -2.25. The number of nitrogens with zero attached hydrogens (tertiary/aromatic N) is 5. The first-order valence-corrected chi connectivity index (χ1v) is 16.0. The third kappa shape index (κ3) is 8.47. The van der Waals surface area contributed by atoms with E-state index < -0.39 is 0 Å². The molecule has 4 aromatic heterocycles. The van der Waals surface area contributed by atoms with Crippen molar-refractivity contribution in [2.75, 3.05) is 13.2 Å². The summed E-state index contributed by atoms with van der Waals surface area (Å²) in [6.07, 6.45) is 1.89. The van der Waals surface area contributed by atoms with Crippen LogP contribution in [0.15, 0.2) is 72.9 Å². The highest BCUT2D eigenvalue weighted by atomic mass is 32.1. The van der Waals surface area contributed by atoms with Crippen LogP contribution in [0.2, 0.25) is 0 Å². The Hall–Kier alpha value is -4.80. The van der Waals surface area contributed by atoms with Crippen LogP contribution in [0.5, 0.6) is 0 Å². The second-order valence-corrected chi connectivity index (χ2v) is 12.0. The normalized spacial score (nSPS) is 11.1. The van der Waals surface area contributed by atoms with Crippen molar-refractivity contribution >= 4 is 23.3 Å². The number of carbonyl (C=O) groups excluding carboxylic acids is 2. The molecule has 0 aliphatic rings. The molecule has 10 heteroatoms. The summed E-state index contributed by atoms with van der Waals surface area (Å²) >= 11 is 1.60. The second kappa shape index (κ2) is 15.0. The zero-order valence-electron chi connectivity index (χ0n) is 26.7. The molecule has 0 aliphatic heterocycles. The first-order chi connectivity index (χ1) is 22.2. The van der Waals surface area contributed by atoms with Gasteiger partial charge in [-0.15, -0.1) is 11.3 Å². The van der Waals surface area contributed by atoms with Crippen molar-refractivity contribution in [1.29, 1.82) is 0 Å². The Labute approximate surface area is 273 Å². The molecule has 0 fully saturated rings. The van der Waals surface area contributed by atoms with Gasteiger partial charge in [0.1, 0.15) is 5.01 Å². The number of aromatic nitrogens is 4. The maximum atomic E-state index is 12.6. The minimum Gasteiger partial charge on any atom is -0.462 e. The lowest BCUT2D eigenvalue weighted by molar-refractivity contribution is 0.0516. The van der Waals surface area contributed by atoms with Gasteiger partial charge in [0.05, 0.1) is 52.0 Å². The molecule has 0 saturated carbocycles. The molecule has 0 spiro atoms. The van der Waals surface area contributed by atoms with Crippen LogP contribution in [0.3, 0.4) is 0 Å². The molecule has 0 atom stereocenters. The summed E-state index contributed by atoms with van der Waals surface area (Å²) in [7, 11) is 0. The van der Waals surface area contributed by atoms with Gasteiger partial charge in [-0.05, 0) is 76.6 Å². The van der Waals surface area contributed by atoms with Crippen molar-refractivity contribution < 1.29 is 19.1 Å². The lowest BCUT2D eigenvalue weighted by atomic mass is 10.1. The Morgan fingerprint density at radius 3 is 1.85 bits per heavy atom. The van der Waals surface area contributed by atoms with Gasteiger partial charge in [0, 0.05) is 37.2 Å². The Balaban J connectivity index is 1.45. The van der Waals surface area contributed by atoms with E-state index in [-0.39, 0.29) is 25.2 Å². The SMILES string of the molecule is CCOC(=O)c1cc(C)nc(CN(Cc2cc(C(=O)OCC)cc(C)n2)Cc2cccc(-c3ncc(-c4ccc(C)cc4)s3)n2)c1. The number of ether oxygens (including phenoxy) is 2. The number of rotatable bonds is 12. The molecule has 1 aromatic carbocycles. The number of carbonyl (C=O) groups is 2. The highest BCUT2D eigenvalue weighted by Crippen LogP contribution is 2.31. The van der Waals surface area contributed by atoms with Gasteiger partial charge < -0.3 is 9.47 Å². The Morgan fingerprint density at radius 2 is 1.28 bits per heavy atom. The third-order valence-corrected chi connectivity index (χ3v) is 8.13. The minimum atomic E-state index is -0.386. The zero-order valence-corrected chi connectivity index (χ0v) is 27.6. The van der Waals surface area contributed by atoms with Crippen molar-refractivity contribution in [2.45, 2.75) is 54.3 Å². The van der Waals surface area contributed by atoms with Crippen molar-refractivity contribution in [3.05, 3.63) is 118 Å². The van der Waals surface area contributed by atoms with Gasteiger partial charge >= 0.3 is 11.9 Å². The smallest absolute Gasteiger partial charge is 0.338 e. The minimum absolute atomic E-state index is 0.289. The molecular weight excluding hydrogens is 598 g/mol. The number of aryl methyl sites for hydroxylation is 3. The molecule has 0 unspecified atom stereocenters.